The Morgan fingerprint density at radius 1 is 1.04 bits per heavy atom. The van der Waals surface area contributed by atoms with Crippen LogP contribution in [0.5, 0.6) is 0 Å². The Hall–Kier alpha value is -3.28. The summed E-state index contributed by atoms with van der Waals surface area (Å²) in [5.74, 6) is 1.40. The molecule has 3 aromatic heterocycles. The van der Waals surface area contributed by atoms with E-state index in [2.05, 4.69) is 44.5 Å². The number of aromatic nitrogens is 5. The van der Waals surface area contributed by atoms with Gasteiger partial charge < -0.3 is 5.32 Å². The van der Waals surface area contributed by atoms with Crippen molar-refractivity contribution in [3.05, 3.63) is 66.7 Å². The Labute approximate surface area is 139 Å². The van der Waals surface area contributed by atoms with E-state index in [0.717, 1.165) is 22.3 Å². The molecule has 4 aromatic rings. The monoisotopic (exact) mass is 316 g/mol. The van der Waals surface area contributed by atoms with E-state index in [4.69, 9.17) is 4.98 Å². The van der Waals surface area contributed by atoms with Gasteiger partial charge in [-0.05, 0) is 18.6 Å². The molecular formula is C18H16N6. The van der Waals surface area contributed by atoms with Crippen LogP contribution >= 0.6 is 0 Å². The average Bonchev–Trinajstić information content (AvgIpc) is 3.17. The van der Waals surface area contributed by atoms with Crippen LogP contribution in [0.1, 0.15) is 18.5 Å². The van der Waals surface area contributed by atoms with Crippen LogP contribution in [0.4, 0.5) is 5.82 Å². The zero-order chi connectivity index (χ0) is 16.4. The molecule has 0 aliphatic rings. The van der Waals surface area contributed by atoms with E-state index in [9.17, 15) is 0 Å². The topological polar surface area (TPSA) is 79.4 Å². The Balaban J connectivity index is 1.78. The maximum absolute atomic E-state index is 4.70. The van der Waals surface area contributed by atoms with E-state index in [0.29, 0.717) is 5.82 Å². The molecule has 1 aromatic carbocycles. The fourth-order valence-electron chi connectivity index (χ4n) is 2.62. The maximum Gasteiger partial charge on any atom is 0.165 e. The second-order valence-corrected chi connectivity index (χ2v) is 5.55. The summed E-state index contributed by atoms with van der Waals surface area (Å²) in [6.45, 7) is 2.11. The molecule has 1 atom stereocenters. The van der Waals surface area contributed by atoms with Crippen molar-refractivity contribution in [3.8, 4) is 11.4 Å². The first-order valence-electron chi connectivity index (χ1n) is 7.73. The SMILES string of the molecule is C[C@@H](Nc1nc(-c2cn[nH]c2)nc2cnccc12)c1ccccc1. The predicted molar refractivity (Wildman–Crippen MR) is 93.4 cm³/mol. The Morgan fingerprint density at radius 3 is 2.71 bits per heavy atom. The van der Waals surface area contributed by atoms with Gasteiger partial charge in [-0.3, -0.25) is 10.1 Å². The minimum absolute atomic E-state index is 0.120. The van der Waals surface area contributed by atoms with E-state index in [1.807, 2.05) is 24.3 Å². The van der Waals surface area contributed by atoms with Crippen LogP contribution in [0, 0.1) is 0 Å². The Morgan fingerprint density at radius 2 is 1.92 bits per heavy atom. The van der Waals surface area contributed by atoms with Crippen molar-refractivity contribution in [3.63, 3.8) is 0 Å². The van der Waals surface area contributed by atoms with Gasteiger partial charge in [0.1, 0.15) is 5.82 Å². The van der Waals surface area contributed by atoms with Crippen molar-refractivity contribution in [2.24, 2.45) is 0 Å². The lowest BCUT2D eigenvalue weighted by molar-refractivity contribution is 0.876. The molecule has 6 heteroatoms. The van der Waals surface area contributed by atoms with Crippen molar-refractivity contribution < 1.29 is 0 Å². The summed E-state index contributed by atoms with van der Waals surface area (Å²) in [6.07, 6.45) is 6.99. The van der Waals surface area contributed by atoms with Gasteiger partial charge in [0.15, 0.2) is 5.82 Å². The number of hydrogen-bond donors (Lipinski definition) is 2. The third-order valence-corrected chi connectivity index (χ3v) is 3.91. The lowest BCUT2D eigenvalue weighted by atomic mass is 10.1. The number of rotatable bonds is 4. The molecule has 0 unspecified atom stereocenters. The van der Waals surface area contributed by atoms with Crippen LogP contribution in [0.25, 0.3) is 22.3 Å². The minimum Gasteiger partial charge on any atom is -0.363 e. The number of nitrogens with one attached hydrogen (secondary N) is 2. The molecular weight excluding hydrogens is 300 g/mol. The summed E-state index contributed by atoms with van der Waals surface area (Å²) in [6, 6.07) is 12.3. The number of hydrogen-bond acceptors (Lipinski definition) is 5. The fourth-order valence-corrected chi connectivity index (χ4v) is 2.62. The third kappa shape index (κ3) is 2.69. The van der Waals surface area contributed by atoms with Crippen LogP contribution < -0.4 is 5.32 Å². The zero-order valence-electron chi connectivity index (χ0n) is 13.1. The number of fused-ring (bicyclic) bond motifs is 1. The second kappa shape index (κ2) is 6.08. The lowest BCUT2D eigenvalue weighted by Gasteiger charge is -2.17. The molecule has 6 nitrogen and oxygen atoms in total. The van der Waals surface area contributed by atoms with Gasteiger partial charge in [-0.1, -0.05) is 30.3 Å². The molecule has 0 bridgehead atoms. The van der Waals surface area contributed by atoms with Crippen molar-refractivity contribution in [2.45, 2.75) is 13.0 Å². The first-order valence-corrected chi connectivity index (χ1v) is 7.73. The van der Waals surface area contributed by atoms with Gasteiger partial charge in [0.2, 0.25) is 0 Å². The van der Waals surface area contributed by atoms with Crippen LogP contribution in [-0.2, 0) is 0 Å². The highest BCUT2D eigenvalue weighted by molar-refractivity contribution is 5.90. The van der Waals surface area contributed by atoms with Gasteiger partial charge in [0, 0.05) is 23.8 Å². The second-order valence-electron chi connectivity index (χ2n) is 5.55. The summed E-state index contributed by atoms with van der Waals surface area (Å²) in [5, 5.41) is 11.2. The molecule has 0 aliphatic carbocycles. The van der Waals surface area contributed by atoms with Crippen LogP contribution in [0.15, 0.2) is 61.2 Å². The summed E-state index contributed by atoms with van der Waals surface area (Å²) >= 11 is 0. The summed E-state index contributed by atoms with van der Waals surface area (Å²) in [7, 11) is 0. The van der Waals surface area contributed by atoms with E-state index in [1.165, 1.54) is 5.56 Å². The molecule has 0 amide bonds. The zero-order valence-corrected chi connectivity index (χ0v) is 13.1. The van der Waals surface area contributed by atoms with E-state index >= 15 is 0 Å². The van der Waals surface area contributed by atoms with Gasteiger partial charge in [0.05, 0.1) is 23.5 Å². The van der Waals surface area contributed by atoms with Crippen molar-refractivity contribution in [2.75, 3.05) is 5.32 Å². The van der Waals surface area contributed by atoms with Gasteiger partial charge in [-0.25, -0.2) is 9.97 Å². The number of aromatic amines is 1. The normalized spacial score (nSPS) is 12.2. The highest BCUT2D eigenvalue weighted by atomic mass is 15.1. The molecule has 0 radical (unpaired) electrons. The van der Waals surface area contributed by atoms with Crippen LogP contribution in [-0.4, -0.2) is 25.1 Å². The highest BCUT2D eigenvalue weighted by Gasteiger charge is 2.13. The molecule has 0 saturated heterocycles. The number of benzene rings is 1. The molecule has 0 aliphatic heterocycles. The maximum atomic E-state index is 4.70. The van der Waals surface area contributed by atoms with Crippen molar-refractivity contribution in [1.29, 1.82) is 0 Å². The van der Waals surface area contributed by atoms with Gasteiger partial charge >= 0.3 is 0 Å². The van der Waals surface area contributed by atoms with Gasteiger partial charge in [0.25, 0.3) is 0 Å². The molecule has 24 heavy (non-hydrogen) atoms. The highest BCUT2D eigenvalue weighted by Crippen LogP contribution is 2.26. The Bertz CT molecular complexity index is 950. The summed E-state index contributed by atoms with van der Waals surface area (Å²) in [5.41, 5.74) is 2.84. The summed E-state index contributed by atoms with van der Waals surface area (Å²) in [4.78, 5) is 13.5. The molecule has 0 saturated carbocycles. The van der Waals surface area contributed by atoms with Crippen molar-refractivity contribution in [1.82, 2.24) is 25.1 Å². The smallest absolute Gasteiger partial charge is 0.165 e. The molecule has 0 spiro atoms. The first kappa shape index (κ1) is 14.3. The van der Waals surface area contributed by atoms with Gasteiger partial charge in [-0.15, -0.1) is 0 Å². The van der Waals surface area contributed by atoms with Crippen molar-refractivity contribution >= 4 is 16.7 Å². The standard InChI is InChI=1S/C18H16N6/c1-12(13-5-3-2-4-6-13)22-18-15-7-8-19-11-16(15)23-17(24-18)14-9-20-21-10-14/h2-12H,1H3,(H,20,21)(H,22,23,24)/t12-/m1/s1. The number of anilines is 1. The molecule has 4 rings (SSSR count). The minimum atomic E-state index is 0.120. The van der Waals surface area contributed by atoms with E-state index < -0.39 is 0 Å². The average molecular weight is 316 g/mol. The predicted octanol–water partition coefficient (Wildman–Crippen LogP) is 3.59. The van der Waals surface area contributed by atoms with Crippen LogP contribution in [0.2, 0.25) is 0 Å². The van der Waals surface area contributed by atoms with E-state index in [1.54, 1.807) is 24.8 Å². The fraction of sp³-hybridized carbons (Fsp3) is 0.111. The number of H-pyrrole nitrogens is 1. The number of pyridine rings is 1. The third-order valence-electron chi connectivity index (χ3n) is 3.91. The molecule has 3 heterocycles. The first-order chi connectivity index (χ1) is 11.8. The largest absolute Gasteiger partial charge is 0.363 e. The molecule has 118 valence electrons. The van der Waals surface area contributed by atoms with Gasteiger partial charge in [-0.2, -0.15) is 5.10 Å². The van der Waals surface area contributed by atoms with Crippen LogP contribution in [0.3, 0.4) is 0 Å². The van der Waals surface area contributed by atoms with E-state index in [-0.39, 0.29) is 6.04 Å². The Kier molecular flexibility index (Phi) is 3.63. The quantitative estimate of drug-likeness (QED) is 0.601. The summed E-state index contributed by atoms with van der Waals surface area (Å²) < 4.78 is 0. The lowest BCUT2D eigenvalue weighted by Crippen LogP contribution is -2.09. The molecule has 0 fully saturated rings. The number of nitrogens with zero attached hydrogens (tertiary/aromatic N) is 4. The molecule has 2 N–H and O–H groups in total.